The number of rotatable bonds is 8. The lowest BCUT2D eigenvalue weighted by molar-refractivity contribution is 0.0917. The SMILES string of the molecule is Cc1c(C(=O)CN2C3CCC2CC3)c(C)n(-c2ccc(C#N)cc2)c1/C=C\CCS(C)(=O)=O. The molecule has 1 aromatic heterocycles. The van der Waals surface area contributed by atoms with Crippen molar-refractivity contribution < 1.29 is 13.2 Å². The largest absolute Gasteiger partial charge is 0.313 e. The van der Waals surface area contributed by atoms with Gasteiger partial charge in [0.05, 0.1) is 23.9 Å². The Kier molecular flexibility index (Phi) is 6.60. The van der Waals surface area contributed by atoms with Crippen molar-refractivity contribution in [1.29, 1.82) is 5.26 Å². The summed E-state index contributed by atoms with van der Waals surface area (Å²) in [6.45, 7) is 4.38. The quantitative estimate of drug-likeness (QED) is 0.545. The van der Waals surface area contributed by atoms with Gasteiger partial charge in [0.25, 0.3) is 0 Å². The van der Waals surface area contributed by atoms with Gasteiger partial charge in [-0.3, -0.25) is 9.69 Å². The van der Waals surface area contributed by atoms with Crippen molar-refractivity contribution in [3.8, 4) is 11.8 Å². The summed E-state index contributed by atoms with van der Waals surface area (Å²) >= 11 is 0. The van der Waals surface area contributed by atoms with Crippen LogP contribution in [0.1, 0.15) is 65.0 Å². The molecule has 0 unspecified atom stereocenters. The molecule has 2 saturated heterocycles. The second kappa shape index (κ2) is 9.28. The molecule has 0 spiro atoms. The zero-order valence-electron chi connectivity index (χ0n) is 19.5. The van der Waals surface area contributed by atoms with Crippen LogP contribution in [0.15, 0.2) is 30.3 Å². The molecule has 0 amide bonds. The van der Waals surface area contributed by atoms with E-state index in [1.807, 2.05) is 42.7 Å². The number of Topliss-reactive ketones (excluding diaryl/α,β-unsaturated/α-hetero) is 1. The maximum absolute atomic E-state index is 13.5. The molecule has 0 saturated carbocycles. The molecule has 2 aromatic rings. The van der Waals surface area contributed by atoms with Gasteiger partial charge in [0.2, 0.25) is 0 Å². The molecule has 6 nitrogen and oxygen atoms in total. The minimum absolute atomic E-state index is 0.0859. The first-order valence-corrected chi connectivity index (χ1v) is 13.6. The minimum Gasteiger partial charge on any atom is -0.313 e. The van der Waals surface area contributed by atoms with Gasteiger partial charge < -0.3 is 4.57 Å². The van der Waals surface area contributed by atoms with E-state index in [9.17, 15) is 13.2 Å². The molecule has 0 N–H and O–H groups in total. The van der Waals surface area contributed by atoms with Crippen LogP contribution in [-0.4, -0.2) is 54.3 Å². The molecule has 2 bridgehead atoms. The Hall–Kier alpha value is -2.69. The van der Waals surface area contributed by atoms with Gasteiger partial charge in [0.15, 0.2) is 5.78 Å². The van der Waals surface area contributed by atoms with E-state index in [2.05, 4.69) is 11.0 Å². The van der Waals surface area contributed by atoms with Crippen LogP contribution in [0.4, 0.5) is 0 Å². The number of hydrogen-bond donors (Lipinski definition) is 0. The lowest BCUT2D eigenvalue weighted by atomic mass is 10.0. The van der Waals surface area contributed by atoms with Gasteiger partial charge in [-0.05, 0) is 81.9 Å². The maximum atomic E-state index is 13.5. The van der Waals surface area contributed by atoms with Gasteiger partial charge >= 0.3 is 0 Å². The molecule has 2 fully saturated rings. The van der Waals surface area contributed by atoms with E-state index < -0.39 is 9.84 Å². The summed E-state index contributed by atoms with van der Waals surface area (Å²) in [5.74, 6) is 0.227. The summed E-state index contributed by atoms with van der Waals surface area (Å²) in [6.07, 6.45) is 10.2. The number of nitriles is 1. The second-order valence-electron chi connectivity index (χ2n) is 9.34. The van der Waals surface area contributed by atoms with Crippen LogP contribution in [0.25, 0.3) is 11.8 Å². The number of benzene rings is 1. The third-order valence-corrected chi connectivity index (χ3v) is 8.07. The zero-order valence-corrected chi connectivity index (χ0v) is 20.4. The fraction of sp³-hybridized carbons (Fsp3) is 0.462. The van der Waals surface area contributed by atoms with Gasteiger partial charge in [-0.2, -0.15) is 5.26 Å². The molecule has 4 rings (SSSR count). The standard InChI is InChI=1S/C26H31N3O3S/c1-18-24(6-4-5-15-33(3,31)32)29(23-9-7-20(16-27)8-10-23)19(2)26(18)25(30)17-28-21-11-12-22(28)14-13-21/h4,6-10,21-22H,5,11-15,17H2,1-3H3/b6-4-. The van der Waals surface area contributed by atoms with Crippen molar-refractivity contribution >= 4 is 21.7 Å². The van der Waals surface area contributed by atoms with Crippen molar-refractivity contribution in [2.24, 2.45) is 0 Å². The highest BCUT2D eigenvalue weighted by Crippen LogP contribution is 2.38. The lowest BCUT2D eigenvalue weighted by Crippen LogP contribution is -2.34. The highest BCUT2D eigenvalue weighted by atomic mass is 32.2. The third-order valence-electron chi connectivity index (χ3n) is 7.09. The van der Waals surface area contributed by atoms with E-state index in [-0.39, 0.29) is 11.5 Å². The Morgan fingerprint density at radius 1 is 1.12 bits per heavy atom. The number of fused-ring (bicyclic) bond motifs is 2. The Morgan fingerprint density at radius 2 is 1.73 bits per heavy atom. The molecule has 174 valence electrons. The van der Waals surface area contributed by atoms with Crippen molar-refractivity contribution in [2.45, 2.75) is 58.0 Å². The smallest absolute Gasteiger partial charge is 0.178 e. The zero-order chi connectivity index (χ0) is 23.8. The molecule has 2 aliphatic rings. The first-order valence-electron chi connectivity index (χ1n) is 11.5. The molecular weight excluding hydrogens is 434 g/mol. The Balaban J connectivity index is 1.70. The minimum atomic E-state index is -3.04. The molecule has 3 heterocycles. The Bertz CT molecular complexity index is 1210. The molecule has 1 aromatic carbocycles. The summed E-state index contributed by atoms with van der Waals surface area (Å²) in [5.41, 5.74) is 4.84. The van der Waals surface area contributed by atoms with E-state index in [0.717, 1.165) is 28.2 Å². The number of aromatic nitrogens is 1. The second-order valence-corrected chi connectivity index (χ2v) is 11.6. The van der Waals surface area contributed by atoms with E-state index in [4.69, 9.17) is 5.26 Å². The molecule has 7 heteroatoms. The number of sulfone groups is 1. The predicted octanol–water partition coefficient (Wildman–Crippen LogP) is 4.22. The monoisotopic (exact) mass is 465 g/mol. The summed E-state index contributed by atoms with van der Waals surface area (Å²) in [6, 6.07) is 10.5. The first kappa shape index (κ1) is 23.5. The molecule has 0 radical (unpaired) electrons. The van der Waals surface area contributed by atoms with Crippen molar-refractivity contribution in [3.05, 3.63) is 58.4 Å². The predicted molar refractivity (Wildman–Crippen MR) is 130 cm³/mol. The number of carbonyl (C=O) groups is 1. The van der Waals surface area contributed by atoms with Crippen LogP contribution < -0.4 is 0 Å². The average Bonchev–Trinajstić information content (AvgIpc) is 3.41. The lowest BCUT2D eigenvalue weighted by Gasteiger charge is -2.20. The molecular formula is C26H31N3O3S. The fourth-order valence-electron chi connectivity index (χ4n) is 5.49. The number of allylic oxidation sites excluding steroid dienone is 1. The van der Waals surface area contributed by atoms with E-state index in [0.29, 0.717) is 30.6 Å². The highest BCUT2D eigenvalue weighted by molar-refractivity contribution is 7.90. The van der Waals surface area contributed by atoms with Crippen molar-refractivity contribution in [1.82, 2.24) is 9.47 Å². The van der Waals surface area contributed by atoms with Crippen LogP contribution in [0.2, 0.25) is 0 Å². The van der Waals surface area contributed by atoms with Crippen molar-refractivity contribution in [3.63, 3.8) is 0 Å². The Labute approximate surface area is 196 Å². The van der Waals surface area contributed by atoms with Crippen LogP contribution >= 0.6 is 0 Å². The topological polar surface area (TPSA) is 83.2 Å². The molecule has 33 heavy (non-hydrogen) atoms. The molecule has 2 aliphatic heterocycles. The van der Waals surface area contributed by atoms with Crippen LogP contribution in [-0.2, 0) is 9.84 Å². The fourth-order valence-corrected chi connectivity index (χ4v) is 6.05. The summed E-state index contributed by atoms with van der Waals surface area (Å²) < 4.78 is 25.1. The normalized spacial score (nSPS) is 20.5. The van der Waals surface area contributed by atoms with Gasteiger partial charge in [-0.25, -0.2) is 8.42 Å². The summed E-state index contributed by atoms with van der Waals surface area (Å²) in [5, 5.41) is 9.16. The number of ketones is 1. The maximum Gasteiger partial charge on any atom is 0.178 e. The van der Waals surface area contributed by atoms with Crippen LogP contribution in [0, 0.1) is 25.2 Å². The highest BCUT2D eigenvalue weighted by Gasteiger charge is 2.40. The van der Waals surface area contributed by atoms with Gasteiger partial charge in [0.1, 0.15) is 9.84 Å². The number of nitrogens with zero attached hydrogens (tertiary/aromatic N) is 3. The number of carbonyl (C=O) groups excluding carboxylic acids is 1. The van der Waals surface area contributed by atoms with Crippen molar-refractivity contribution in [2.75, 3.05) is 18.6 Å². The average molecular weight is 466 g/mol. The molecule has 0 aliphatic carbocycles. The van der Waals surface area contributed by atoms with Crippen LogP contribution in [0.5, 0.6) is 0 Å². The van der Waals surface area contributed by atoms with E-state index in [1.165, 1.54) is 31.9 Å². The van der Waals surface area contributed by atoms with E-state index >= 15 is 0 Å². The first-order chi connectivity index (χ1) is 15.7. The molecule has 0 atom stereocenters. The van der Waals surface area contributed by atoms with Gasteiger partial charge in [0, 0.05) is 41.0 Å². The summed E-state index contributed by atoms with van der Waals surface area (Å²) in [4.78, 5) is 15.9. The van der Waals surface area contributed by atoms with Gasteiger partial charge in [-0.1, -0.05) is 6.08 Å². The van der Waals surface area contributed by atoms with Crippen LogP contribution in [0.3, 0.4) is 0 Å². The summed E-state index contributed by atoms with van der Waals surface area (Å²) in [7, 11) is -3.04. The Morgan fingerprint density at radius 3 is 2.27 bits per heavy atom. The van der Waals surface area contributed by atoms with E-state index in [1.54, 1.807) is 12.1 Å². The number of hydrogen-bond acceptors (Lipinski definition) is 5. The van der Waals surface area contributed by atoms with Gasteiger partial charge in [-0.15, -0.1) is 0 Å². The third kappa shape index (κ3) is 4.83.